The molecule has 1 rings (SSSR count). The predicted molar refractivity (Wildman–Crippen MR) is 47.5 cm³/mol. The molecule has 62 valence electrons. The quantitative estimate of drug-likeness (QED) is 0.392. The molecular formula is C6H12N4S. The smallest absolute Gasteiger partial charge is 0.0591 e. The van der Waals surface area contributed by atoms with Crippen molar-refractivity contribution in [3.8, 4) is 0 Å². The van der Waals surface area contributed by atoms with Crippen LogP contribution in [0.2, 0.25) is 0 Å². The Labute approximate surface area is 70.4 Å². The second-order valence-corrected chi connectivity index (χ2v) is 4.24. The summed E-state index contributed by atoms with van der Waals surface area (Å²) in [5.41, 5.74) is 8.08. The Hall–Kier alpha value is -0.380. The lowest BCUT2D eigenvalue weighted by Gasteiger charge is -2.26. The van der Waals surface area contributed by atoms with Crippen LogP contribution >= 0.6 is 11.8 Å². The van der Waals surface area contributed by atoms with E-state index < -0.39 is 0 Å². The highest BCUT2D eigenvalue weighted by Gasteiger charge is 2.17. The van der Waals surface area contributed by atoms with Crippen LogP contribution in [0.3, 0.4) is 0 Å². The van der Waals surface area contributed by atoms with Crippen molar-refractivity contribution in [3.63, 3.8) is 0 Å². The molecule has 0 aromatic rings. The molecule has 0 aromatic heterocycles. The number of rotatable bonds is 2. The van der Waals surface area contributed by atoms with Gasteiger partial charge in [0, 0.05) is 10.2 Å². The van der Waals surface area contributed by atoms with E-state index in [0.29, 0.717) is 17.2 Å². The molecule has 11 heavy (non-hydrogen) atoms. The number of thioether (sulfide) groups is 1. The third-order valence-electron chi connectivity index (χ3n) is 1.63. The largest absolute Gasteiger partial charge is 0.305 e. The predicted octanol–water partition coefficient (Wildman–Crippen LogP) is 1.74. The van der Waals surface area contributed by atoms with Crippen LogP contribution in [0, 0.1) is 0 Å². The van der Waals surface area contributed by atoms with Gasteiger partial charge in [0.15, 0.2) is 0 Å². The van der Waals surface area contributed by atoms with E-state index >= 15 is 0 Å². The Kier molecular flexibility index (Phi) is 3.56. The molecular weight excluding hydrogens is 160 g/mol. The van der Waals surface area contributed by atoms with E-state index in [2.05, 4.69) is 22.3 Å². The monoisotopic (exact) mass is 172 g/mol. The average Bonchev–Trinajstić information content (AvgIpc) is 2.01. The molecule has 2 unspecified atom stereocenters. The van der Waals surface area contributed by atoms with Gasteiger partial charge in [-0.25, -0.2) is 0 Å². The minimum atomic E-state index is 0.328. The van der Waals surface area contributed by atoms with Gasteiger partial charge < -0.3 is 5.32 Å². The van der Waals surface area contributed by atoms with E-state index in [4.69, 9.17) is 5.53 Å². The molecule has 1 fully saturated rings. The van der Waals surface area contributed by atoms with Crippen molar-refractivity contribution in [2.75, 3.05) is 13.1 Å². The molecule has 0 radical (unpaired) electrons. The fourth-order valence-electron chi connectivity index (χ4n) is 1.06. The maximum atomic E-state index is 8.08. The fourth-order valence-corrected chi connectivity index (χ4v) is 2.24. The summed E-state index contributed by atoms with van der Waals surface area (Å²) in [6.07, 6.45) is 1.21. The van der Waals surface area contributed by atoms with Gasteiger partial charge in [-0.2, -0.15) is 0 Å². The van der Waals surface area contributed by atoms with Crippen molar-refractivity contribution in [3.05, 3.63) is 10.4 Å². The molecule has 0 spiro atoms. The van der Waals surface area contributed by atoms with Gasteiger partial charge in [0.2, 0.25) is 0 Å². The maximum absolute atomic E-state index is 8.08. The van der Waals surface area contributed by atoms with E-state index in [1.54, 1.807) is 0 Å². The summed E-state index contributed by atoms with van der Waals surface area (Å²) in [5.74, 6) is 0. The van der Waals surface area contributed by atoms with Crippen LogP contribution in [-0.4, -0.2) is 23.7 Å². The summed E-state index contributed by atoms with van der Waals surface area (Å²) in [5, 5.41) is 7.83. The summed E-state index contributed by atoms with van der Waals surface area (Å²) in [6, 6.07) is 0. The third kappa shape index (κ3) is 3.01. The van der Waals surface area contributed by atoms with Gasteiger partial charge in [0.1, 0.15) is 0 Å². The van der Waals surface area contributed by atoms with Gasteiger partial charge in [-0.05, 0) is 18.5 Å². The molecule has 0 aliphatic carbocycles. The molecule has 1 saturated heterocycles. The first-order valence-corrected chi connectivity index (χ1v) is 4.67. The van der Waals surface area contributed by atoms with Crippen molar-refractivity contribution in [1.82, 2.24) is 5.32 Å². The van der Waals surface area contributed by atoms with Crippen molar-refractivity contribution >= 4 is 11.8 Å². The van der Waals surface area contributed by atoms with Gasteiger partial charge in [-0.15, -0.1) is 11.8 Å². The van der Waals surface area contributed by atoms with Gasteiger partial charge in [-0.1, -0.05) is 12.0 Å². The van der Waals surface area contributed by atoms with Crippen molar-refractivity contribution < 1.29 is 0 Å². The third-order valence-corrected chi connectivity index (χ3v) is 2.97. The zero-order valence-corrected chi connectivity index (χ0v) is 7.34. The average molecular weight is 172 g/mol. The standard InChI is InChI=1S/C6H12N4S/c1-5-2-3-8-6(11-5)4-9-10-7/h5-6,8H,2-4H2,1H3. The Bertz CT molecular complexity index is 166. The van der Waals surface area contributed by atoms with E-state index in [1.165, 1.54) is 6.42 Å². The number of nitrogens with zero attached hydrogens (tertiary/aromatic N) is 3. The van der Waals surface area contributed by atoms with Crippen molar-refractivity contribution in [2.24, 2.45) is 5.11 Å². The summed E-state index contributed by atoms with van der Waals surface area (Å²) in [6.45, 7) is 3.81. The summed E-state index contributed by atoms with van der Waals surface area (Å²) >= 11 is 1.85. The lowest BCUT2D eigenvalue weighted by molar-refractivity contribution is 0.592. The molecule has 0 saturated carbocycles. The number of nitrogens with one attached hydrogen (secondary N) is 1. The topological polar surface area (TPSA) is 60.8 Å². The molecule has 1 aliphatic heterocycles. The highest BCUT2D eigenvalue weighted by molar-refractivity contribution is 8.00. The highest BCUT2D eigenvalue weighted by Crippen LogP contribution is 2.22. The van der Waals surface area contributed by atoms with Crippen molar-refractivity contribution in [2.45, 2.75) is 24.0 Å². The van der Waals surface area contributed by atoms with Crippen LogP contribution in [-0.2, 0) is 0 Å². The second-order valence-electron chi connectivity index (χ2n) is 2.59. The van der Waals surface area contributed by atoms with Crippen LogP contribution in [0.4, 0.5) is 0 Å². The van der Waals surface area contributed by atoms with Gasteiger partial charge in [-0.3, -0.25) is 0 Å². The van der Waals surface area contributed by atoms with Crippen LogP contribution in [0.15, 0.2) is 5.11 Å². The molecule has 0 amide bonds. The first-order valence-electron chi connectivity index (χ1n) is 3.72. The maximum Gasteiger partial charge on any atom is 0.0591 e. The Morgan fingerprint density at radius 3 is 3.27 bits per heavy atom. The van der Waals surface area contributed by atoms with E-state index in [1.807, 2.05) is 11.8 Å². The summed E-state index contributed by atoms with van der Waals surface area (Å²) in [4.78, 5) is 2.73. The highest BCUT2D eigenvalue weighted by atomic mass is 32.2. The van der Waals surface area contributed by atoms with Gasteiger partial charge in [0.25, 0.3) is 0 Å². The first kappa shape index (κ1) is 8.71. The number of hydrogen-bond donors (Lipinski definition) is 1. The van der Waals surface area contributed by atoms with Crippen LogP contribution in [0.5, 0.6) is 0 Å². The lowest BCUT2D eigenvalue weighted by atomic mass is 10.3. The number of azide groups is 1. The Morgan fingerprint density at radius 1 is 1.82 bits per heavy atom. The SMILES string of the molecule is CC1CCNC(CN=[N+]=[N-])S1. The van der Waals surface area contributed by atoms with E-state index in [-0.39, 0.29) is 0 Å². The van der Waals surface area contributed by atoms with Crippen LogP contribution in [0.25, 0.3) is 10.4 Å². The molecule has 5 heteroatoms. The molecule has 1 aliphatic rings. The summed E-state index contributed by atoms with van der Waals surface area (Å²) in [7, 11) is 0. The van der Waals surface area contributed by atoms with Gasteiger partial charge in [0.05, 0.1) is 11.9 Å². The van der Waals surface area contributed by atoms with E-state index in [9.17, 15) is 0 Å². The zero-order chi connectivity index (χ0) is 8.10. The molecule has 0 bridgehead atoms. The molecule has 4 nitrogen and oxygen atoms in total. The molecule has 2 atom stereocenters. The molecule has 0 aromatic carbocycles. The van der Waals surface area contributed by atoms with E-state index in [0.717, 1.165) is 6.54 Å². The van der Waals surface area contributed by atoms with Gasteiger partial charge >= 0.3 is 0 Å². The molecule has 1 N–H and O–H groups in total. The minimum absolute atomic E-state index is 0.328. The second kappa shape index (κ2) is 4.49. The Morgan fingerprint density at radius 2 is 2.64 bits per heavy atom. The van der Waals surface area contributed by atoms with Crippen molar-refractivity contribution in [1.29, 1.82) is 0 Å². The Balaban J connectivity index is 2.27. The minimum Gasteiger partial charge on any atom is -0.305 e. The van der Waals surface area contributed by atoms with Crippen LogP contribution < -0.4 is 5.32 Å². The summed E-state index contributed by atoms with van der Waals surface area (Å²) < 4.78 is 0. The van der Waals surface area contributed by atoms with Crippen LogP contribution in [0.1, 0.15) is 13.3 Å². The normalized spacial score (nSPS) is 31.0. The zero-order valence-electron chi connectivity index (χ0n) is 6.53. The first-order chi connectivity index (χ1) is 5.33. The fraction of sp³-hybridized carbons (Fsp3) is 1.00. The number of hydrogen-bond acceptors (Lipinski definition) is 3. The molecule has 1 heterocycles. The lowest BCUT2D eigenvalue weighted by Crippen LogP contribution is -2.36.